The molecule has 0 spiro atoms. The quantitative estimate of drug-likeness (QED) is 0.602. The summed E-state index contributed by atoms with van der Waals surface area (Å²) in [5.41, 5.74) is 0.716. The second kappa shape index (κ2) is 3.85. The number of nitrogens with zero attached hydrogens (tertiary/aromatic N) is 1. The summed E-state index contributed by atoms with van der Waals surface area (Å²) in [6, 6.07) is 6.15. The number of thiol groups is 1. The van der Waals surface area contributed by atoms with Gasteiger partial charge in [0.1, 0.15) is 6.07 Å². The number of rotatable bonds is 1. The molecule has 0 fully saturated rings. The molecule has 0 atom stereocenters. The van der Waals surface area contributed by atoms with E-state index in [4.69, 9.17) is 5.26 Å². The predicted octanol–water partition coefficient (Wildman–Crippen LogP) is 3.78. The average Bonchev–Trinajstić information content (AvgIpc) is 2.65. The van der Waals surface area contributed by atoms with Crippen molar-refractivity contribution in [2.24, 2.45) is 0 Å². The number of hydrogen-bond donors (Lipinski definition) is 1. The van der Waals surface area contributed by atoms with Gasteiger partial charge in [-0.25, -0.2) is 0 Å². The zero-order chi connectivity index (χ0) is 10.1. The molecule has 0 saturated heterocycles. The maximum atomic E-state index is 8.98. The van der Waals surface area contributed by atoms with E-state index in [2.05, 4.69) is 18.7 Å². The molecule has 14 heavy (non-hydrogen) atoms. The number of nitriles is 1. The second-order valence-electron chi connectivity index (χ2n) is 2.76. The number of benzene rings is 1. The maximum Gasteiger partial charge on any atom is 0.100 e. The Morgan fingerprint density at radius 3 is 3.00 bits per heavy atom. The second-order valence-corrected chi connectivity index (χ2v) is 4.94. The number of thiophene rings is 1. The van der Waals surface area contributed by atoms with Gasteiger partial charge in [0.2, 0.25) is 0 Å². The molecular weight excluding hydrogens is 230 g/mol. The zero-order valence-electron chi connectivity index (χ0n) is 7.44. The minimum absolute atomic E-state index is 0.716. The number of hydrogen-bond acceptors (Lipinski definition) is 4. The molecular formula is C10H7NS3. The SMILES string of the molecule is CSc1c(C#N)cc2ccsc2c1S. The number of fused-ring (bicyclic) bond motifs is 1. The van der Waals surface area contributed by atoms with Gasteiger partial charge in [-0.3, -0.25) is 0 Å². The first kappa shape index (κ1) is 9.91. The summed E-state index contributed by atoms with van der Waals surface area (Å²) in [4.78, 5) is 1.91. The van der Waals surface area contributed by atoms with Gasteiger partial charge in [0.25, 0.3) is 0 Å². The Hall–Kier alpha value is -0.630. The van der Waals surface area contributed by atoms with Crippen LogP contribution in [-0.4, -0.2) is 6.26 Å². The van der Waals surface area contributed by atoms with Gasteiger partial charge in [-0.05, 0) is 29.2 Å². The van der Waals surface area contributed by atoms with Gasteiger partial charge in [0, 0.05) is 14.5 Å². The smallest absolute Gasteiger partial charge is 0.100 e. The summed E-state index contributed by atoms with van der Waals surface area (Å²) in [6.45, 7) is 0. The van der Waals surface area contributed by atoms with Gasteiger partial charge in [-0.15, -0.1) is 35.7 Å². The lowest BCUT2D eigenvalue weighted by Gasteiger charge is -2.04. The Kier molecular flexibility index (Phi) is 2.73. The van der Waals surface area contributed by atoms with Crippen LogP contribution in [0.15, 0.2) is 27.3 Å². The van der Waals surface area contributed by atoms with Crippen LogP contribution in [0.5, 0.6) is 0 Å². The molecule has 0 unspecified atom stereocenters. The van der Waals surface area contributed by atoms with Crippen LogP contribution in [0, 0.1) is 11.3 Å². The van der Waals surface area contributed by atoms with Crippen molar-refractivity contribution >= 4 is 45.8 Å². The molecule has 0 radical (unpaired) electrons. The van der Waals surface area contributed by atoms with Gasteiger partial charge in [0.05, 0.1) is 5.56 Å². The Labute approximate surface area is 96.2 Å². The molecule has 0 N–H and O–H groups in total. The highest BCUT2D eigenvalue weighted by Gasteiger charge is 2.10. The van der Waals surface area contributed by atoms with Crippen LogP contribution in [0.2, 0.25) is 0 Å². The molecule has 1 heterocycles. The van der Waals surface area contributed by atoms with Crippen molar-refractivity contribution in [2.75, 3.05) is 6.26 Å². The van der Waals surface area contributed by atoms with Crippen molar-refractivity contribution in [1.82, 2.24) is 0 Å². The van der Waals surface area contributed by atoms with Crippen LogP contribution in [0.3, 0.4) is 0 Å². The molecule has 70 valence electrons. The van der Waals surface area contributed by atoms with E-state index >= 15 is 0 Å². The lowest BCUT2D eigenvalue weighted by atomic mass is 10.2. The summed E-state index contributed by atoms with van der Waals surface area (Å²) in [5.74, 6) is 0. The molecule has 1 aromatic heterocycles. The van der Waals surface area contributed by atoms with Crippen LogP contribution in [-0.2, 0) is 0 Å². The van der Waals surface area contributed by atoms with Crippen molar-refractivity contribution in [2.45, 2.75) is 9.79 Å². The molecule has 0 aliphatic rings. The van der Waals surface area contributed by atoms with Crippen molar-refractivity contribution in [3.63, 3.8) is 0 Å². The third-order valence-electron chi connectivity index (χ3n) is 1.99. The molecule has 4 heteroatoms. The summed E-state index contributed by atoms with van der Waals surface area (Å²) in [6.07, 6.45) is 1.97. The Morgan fingerprint density at radius 1 is 1.57 bits per heavy atom. The van der Waals surface area contributed by atoms with Gasteiger partial charge in [0.15, 0.2) is 0 Å². The highest BCUT2D eigenvalue weighted by molar-refractivity contribution is 7.99. The van der Waals surface area contributed by atoms with Crippen LogP contribution < -0.4 is 0 Å². The fourth-order valence-electron chi connectivity index (χ4n) is 1.37. The van der Waals surface area contributed by atoms with E-state index in [1.165, 1.54) is 0 Å². The summed E-state index contributed by atoms with van der Waals surface area (Å²) in [7, 11) is 0. The van der Waals surface area contributed by atoms with Gasteiger partial charge in [-0.2, -0.15) is 5.26 Å². The molecule has 0 aliphatic carbocycles. The summed E-state index contributed by atoms with van der Waals surface area (Å²) in [5, 5.41) is 12.1. The lowest BCUT2D eigenvalue weighted by Crippen LogP contribution is -1.83. The standard InChI is InChI=1S/C10H7NS3/c1-13-9-7(5-11)4-6-2-3-14-10(6)8(9)12/h2-4,12H,1H3. The van der Waals surface area contributed by atoms with Crippen LogP contribution in [0.25, 0.3) is 10.1 Å². The van der Waals surface area contributed by atoms with E-state index in [-0.39, 0.29) is 0 Å². The summed E-state index contributed by atoms with van der Waals surface area (Å²) < 4.78 is 1.16. The Morgan fingerprint density at radius 2 is 2.36 bits per heavy atom. The van der Waals surface area contributed by atoms with E-state index in [1.54, 1.807) is 23.1 Å². The summed E-state index contributed by atoms with van der Waals surface area (Å²) >= 11 is 7.71. The monoisotopic (exact) mass is 237 g/mol. The van der Waals surface area contributed by atoms with Crippen molar-refractivity contribution in [3.05, 3.63) is 23.1 Å². The minimum atomic E-state index is 0.716. The average molecular weight is 237 g/mol. The fraction of sp³-hybridized carbons (Fsp3) is 0.100. The van der Waals surface area contributed by atoms with E-state index in [0.29, 0.717) is 5.56 Å². The molecule has 0 aliphatic heterocycles. The topological polar surface area (TPSA) is 23.8 Å². The maximum absolute atomic E-state index is 8.98. The van der Waals surface area contributed by atoms with Crippen LogP contribution in [0.1, 0.15) is 5.56 Å². The highest BCUT2D eigenvalue weighted by atomic mass is 32.2. The lowest BCUT2D eigenvalue weighted by molar-refractivity contribution is 1.28. The Bertz CT molecular complexity index is 522. The fourth-order valence-corrected chi connectivity index (χ4v) is 3.56. The Balaban J connectivity index is 2.87. The zero-order valence-corrected chi connectivity index (χ0v) is 9.97. The molecule has 0 amide bonds. The normalized spacial score (nSPS) is 10.4. The van der Waals surface area contributed by atoms with Gasteiger partial charge < -0.3 is 0 Å². The van der Waals surface area contributed by atoms with E-state index in [1.807, 2.05) is 23.8 Å². The largest absolute Gasteiger partial charge is 0.192 e. The van der Waals surface area contributed by atoms with Gasteiger partial charge in [-0.1, -0.05) is 0 Å². The molecule has 2 aromatic rings. The number of thioether (sulfide) groups is 1. The van der Waals surface area contributed by atoms with E-state index in [9.17, 15) is 0 Å². The van der Waals surface area contributed by atoms with Crippen molar-refractivity contribution in [1.29, 1.82) is 5.26 Å². The van der Waals surface area contributed by atoms with Crippen molar-refractivity contribution < 1.29 is 0 Å². The van der Waals surface area contributed by atoms with E-state index < -0.39 is 0 Å². The van der Waals surface area contributed by atoms with Crippen LogP contribution in [0.4, 0.5) is 0 Å². The highest BCUT2D eigenvalue weighted by Crippen LogP contribution is 2.37. The van der Waals surface area contributed by atoms with E-state index in [0.717, 1.165) is 19.9 Å². The molecule has 0 bridgehead atoms. The minimum Gasteiger partial charge on any atom is -0.192 e. The third kappa shape index (κ3) is 1.42. The first-order chi connectivity index (χ1) is 6.77. The first-order valence-corrected chi connectivity index (χ1v) is 6.50. The molecule has 1 nitrogen and oxygen atoms in total. The third-order valence-corrected chi connectivity index (χ3v) is 4.52. The van der Waals surface area contributed by atoms with Crippen molar-refractivity contribution in [3.8, 4) is 6.07 Å². The van der Waals surface area contributed by atoms with Gasteiger partial charge >= 0.3 is 0 Å². The molecule has 1 aromatic carbocycles. The first-order valence-electron chi connectivity index (χ1n) is 3.95. The van der Waals surface area contributed by atoms with Crippen LogP contribution >= 0.6 is 35.7 Å². The predicted molar refractivity (Wildman–Crippen MR) is 65.6 cm³/mol. The molecule has 2 rings (SSSR count). The molecule has 0 saturated carbocycles.